The van der Waals surface area contributed by atoms with E-state index >= 15 is 0 Å². The molecule has 0 aliphatic carbocycles. The molecule has 136 valence electrons. The van der Waals surface area contributed by atoms with Gasteiger partial charge in [-0.3, -0.25) is 0 Å². The molecule has 0 bridgehead atoms. The third-order valence-corrected chi connectivity index (χ3v) is 4.20. The van der Waals surface area contributed by atoms with Gasteiger partial charge in [0.25, 0.3) is 0 Å². The van der Waals surface area contributed by atoms with Crippen LogP contribution in [-0.4, -0.2) is 23.1 Å². The van der Waals surface area contributed by atoms with Gasteiger partial charge in [0, 0.05) is 22.0 Å². The molecule has 4 nitrogen and oxygen atoms in total. The number of hydrogen-bond acceptors (Lipinski definition) is 4. The second-order valence-corrected chi connectivity index (χ2v) is 6.55. The normalized spacial score (nSPS) is 11.4. The van der Waals surface area contributed by atoms with Crippen molar-refractivity contribution in [3.63, 3.8) is 0 Å². The minimum absolute atomic E-state index is 0.184. The smallest absolute Gasteiger partial charge is 0.423 e. The summed E-state index contributed by atoms with van der Waals surface area (Å²) in [6, 6.07) is 7.59. The third-order valence-electron chi connectivity index (χ3n) is 3.48. The van der Waals surface area contributed by atoms with Crippen molar-refractivity contribution in [1.29, 1.82) is 0 Å². The number of benzene rings is 1. The monoisotopic (exact) mass is 465 g/mol. The van der Waals surface area contributed by atoms with Crippen molar-refractivity contribution >= 4 is 34.2 Å². The first-order chi connectivity index (χ1) is 11.9. The number of ether oxygens (including phenoxy) is 1. The van der Waals surface area contributed by atoms with Crippen LogP contribution in [0.5, 0.6) is 5.88 Å². The maximum Gasteiger partial charge on any atom is 0.423 e. The SMILES string of the molecule is CCCCOc1nc(N(CC)c2ccc(I)cc2)ncc1C(F)(F)F. The topological polar surface area (TPSA) is 38.2 Å². The van der Waals surface area contributed by atoms with Crippen LogP contribution in [0.1, 0.15) is 32.3 Å². The Labute approximate surface area is 158 Å². The lowest BCUT2D eigenvalue weighted by Crippen LogP contribution is -2.21. The number of halogens is 4. The average molecular weight is 465 g/mol. The van der Waals surface area contributed by atoms with Crippen LogP contribution >= 0.6 is 22.6 Å². The van der Waals surface area contributed by atoms with Gasteiger partial charge in [0.2, 0.25) is 11.8 Å². The van der Waals surface area contributed by atoms with Crippen LogP contribution in [0.4, 0.5) is 24.8 Å². The van der Waals surface area contributed by atoms with E-state index in [1.165, 1.54) is 0 Å². The number of nitrogens with zero attached hydrogens (tertiary/aromatic N) is 3. The summed E-state index contributed by atoms with van der Waals surface area (Å²) in [5.41, 5.74) is -0.145. The van der Waals surface area contributed by atoms with Gasteiger partial charge in [-0.2, -0.15) is 18.2 Å². The second kappa shape index (κ2) is 8.68. The average Bonchev–Trinajstić information content (AvgIpc) is 2.57. The maximum absolute atomic E-state index is 13.2. The molecule has 0 N–H and O–H groups in total. The Hall–Kier alpha value is -1.58. The van der Waals surface area contributed by atoms with Crippen LogP contribution in [-0.2, 0) is 6.18 Å². The van der Waals surface area contributed by atoms with E-state index < -0.39 is 17.6 Å². The zero-order valence-electron chi connectivity index (χ0n) is 14.0. The van der Waals surface area contributed by atoms with Crippen LogP contribution in [0.25, 0.3) is 0 Å². The van der Waals surface area contributed by atoms with Crippen molar-refractivity contribution < 1.29 is 17.9 Å². The molecular formula is C17H19F3IN3O. The van der Waals surface area contributed by atoms with Crippen molar-refractivity contribution in [3.8, 4) is 5.88 Å². The summed E-state index contributed by atoms with van der Waals surface area (Å²) in [6.45, 7) is 4.53. The minimum atomic E-state index is -4.56. The summed E-state index contributed by atoms with van der Waals surface area (Å²) in [6.07, 6.45) is -2.28. The summed E-state index contributed by atoms with van der Waals surface area (Å²) in [5, 5.41) is 0. The highest BCUT2D eigenvalue weighted by Gasteiger charge is 2.36. The lowest BCUT2D eigenvalue weighted by Gasteiger charge is -2.22. The van der Waals surface area contributed by atoms with Crippen LogP contribution in [0.2, 0.25) is 0 Å². The Kier molecular flexibility index (Phi) is 6.86. The van der Waals surface area contributed by atoms with Gasteiger partial charge in [0.15, 0.2) is 0 Å². The van der Waals surface area contributed by atoms with Gasteiger partial charge in [-0.15, -0.1) is 0 Å². The molecule has 2 rings (SSSR count). The molecule has 0 saturated heterocycles. The highest BCUT2D eigenvalue weighted by Crippen LogP contribution is 2.36. The maximum atomic E-state index is 13.2. The molecule has 0 aliphatic heterocycles. The van der Waals surface area contributed by atoms with E-state index in [4.69, 9.17) is 4.74 Å². The number of unbranched alkanes of at least 4 members (excludes halogenated alkanes) is 1. The van der Waals surface area contributed by atoms with Gasteiger partial charge >= 0.3 is 6.18 Å². The van der Waals surface area contributed by atoms with E-state index in [0.717, 1.165) is 21.9 Å². The van der Waals surface area contributed by atoms with Crippen LogP contribution in [0, 0.1) is 3.57 Å². The standard InChI is InChI=1S/C17H19F3IN3O/c1-3-5-10-25-15-14(17(18,19)20)11-22-16(23-15)24(4-2)13-8-6-12(21)7-9-13/h6-9,11H,3-5,10H2,1-2H3. The summed E-state index contributed by atoms with van der Waals surface area (Å²) in [5.74, 6) is -0.238. The molecule has 0 saturated carbocycles. The van der Waals surface area contributed by atoms with Gasteiger partial charge in [-0.05, 0) is 60.2 Å². The highest BCUT2D eigenvalue weighted by atomic mass is 127. The summed E-state index contributed by atoms with van der Waals surface area (Å²) in [7, 11) is 0. The predicted molar refractivity (Wildman–Crippen MR) is 99.3 cm³/mol. The lowest BCUT2D eigenvalue weighted by atomic mass is 10.3. The Morgan fingerprint density at radius 1 is 1.16 bits per heavy atom. The van der Waals surface area contributed by atoms with Gasteiger partial charge in [0.1, 0.15) is 5.56 Å². The lowest BCUT2D eigenvalue weighted by molar-refractivity contribution is -0.139. The Balaban J connectivity index is 2.39. The van der Waals surface area contributed by atoms with Gasteiger partial charge in [0.05, 0.1) is 6.61 Å². The quantitative estimate of drug-likeness (QED) is 0.404. The van der Waals surface area contributed by atoms with Gasteiger partial charge in [-0.25, -0.2) is 4.98 Å². The Morgan fingerprint density at radius 2 is 1.84 bits per heavy atom. The van der Waals surface area contributed by atoms with E-state index in [-0.39, 0.29) is 12.6 Å². The first-order valence-electron chi connectivity index (χ1n) is 7.97. The Morgan fingerprint density at radius 3 is 2.40 bits per heavy atom. The molecule has 0 aliphatic rings. The van der Waals surface area contributed by atoms with Crippen molar-refractivity contribution in [3.05, 3.63) is 39.6 Å². The first kappa shape index (κ1) is 19.7. The molecule has 1 aromatic heterocycles. The molecule has 0 radical (unpaired) electrons. The number of rotatable bonds is 7. The molecule has 0 atom stereocenters. The molecule has 25 heavy (non-hydrogen) atoms. The van der Waals surface area contributed by atoms with Crippen molar-refractivity contribution in [2.45, 2.75) is 32.9 Å². The molecule has 0 spiro atoms. The fraction of sp³-hybridized carbons (Fsp3) is 0.412. The van der Waals surface area contributed by atoms with E-state index in [1.807, 2.05) is 38.1 Å². The summed E-state index contributed by atoms with van der Waals surface area (Å²) < 4.78 is 45.9. The Bertz CT molecular complexity index is 693. The summed E-state index contributed by atoms with van der Waals surface area (Å²) >= 11 is 2.19. The fourth-order valence-electron chi connectivity index (χ4n) is 2.17. The van der Waals surface area contributed by atoms with Crippen LogP contribution in [0.15, 0.2) is 30.5 Å². The van der Waals surface area contributed by atoms with Crippen molar-refractivity contribution in [2.24, 2.45) is 0 Å². The zero-order valence-corrected chi connectivity index (χ0v) is 16.1. The molecule has 1 aromatic carbocycles. The number of alkyl halides is 3. The molecule has 1 heterocycles. The molecule has 0 unspecified atom stereocenters. The van der Waals surface area contributed by atoms with E-state index in [0.29, 0.717) is 13.0 Å². The highest BCUT2D eigenvalue weighted by molar-refractivity contribution is 14.1. The van der Waals surface area contributed by atoms with Crippen LogP contribution < -0.4 is 9.64 Å². The minimum Gasteiger partial charge on any atom is -0.477 e. The number of anilines is 2. The largest absolute Gasteiger partial charge is 0.477 e. The molecule has 0 amide bonds. The summed E-state index contributed by atoms with van der Waals surface area (Å²) in [4.78, 5) is 9.71. The zero-order chi connectivity index (χ0) is 18.4. The van der Waals surface area contributed by atoms with Crippen molar-refractivity contribution in [1.82, 2.24) is 9.97 Å². The predicted octanol–water partition coefficient (Wildman–Crippen LogP) is 5.44. The number of aromatic nitrogens is 2. The van der Waals surface area contributed by atoms with Crippen LogP contribution in [0.3, 0.4) is 0 Å². The second-order valence-electron chi connectivity index (χ2n) is 5.31. The van der Waals surface area contributed by atoms with E-state index in [2.05, 4.69) is 32.6 Å². The molecule has 2 aromatic rings. The molecule has 8 heteroatoms. The van der Waals surface area contributed by atoms with E-state index in [1.54, 1.807) is 4.90 Å². The third kappa shape index (κ3) is 5.20. The molecule has 0 fully saturated rings. The van der Waals surface area contributed by atoms with Crippen molar-refractivity contribution in [2.75, 3.05) is 18.1 Å². The fourth-order valence-corrected chi connectivity index (χ4v) is 2.53. The first-order valence-corrected chi connectivity index (χ1v) is 9.04. The van der Waals surface area contributed by atoms with E-state index in [9.17, 15) is 13.2 Å². The van der Waals surface area contributed by atoms with Gasteiger partial charge in [-0.1, -0.05) is 13.3 Å². The number of hydrogen-bond donors (Lipinski definition) is 0. The molecular weight excluding hydrogens is 446 g/mol. The van der Waals surface area contributed by atoms with Gasteiger partial charge < -0.3 is 9.64 Å².